The standard InChI is InChI=1S/C104H80N4O/c1-103(2,3)76-59-75(60-77(65-76)104(4,5)6)93-63-74(64-94-92-49-23-28-58-99(92)109-102(93)94)73-61-82(105(100-84(69-33-11-7-12-34-69)50-31-51-85(100)70-35-13-8-14-36-70)78-41-29-43-80(66-78)107-95-54-24-19-45-88(95)89-46-20-25-55-96(89)107)68-83(62-73)106(101-86(71-37-15-9-16-38-71)52-32-53-87(101)72-39-17-10-18-40-72)79-42-30-44-81(67-79)108-97-56-26-21-47-90(97)91-48-22-27-57-98(91)108/h7-68H,1-6H3/i19D,20D,21D,22D,24D,25D,26D,27D,45D,46D,47D,48D,54D,55D,56D,57D. The Morgan fingerprint density at radius 3 is 1.02 bits per heavy atom. The average molecular weight is 1420 g/mol. The SMILES string of the molecule is [2H]c1c([2H])c([2H])c2c(c1[2H])c1c([2H])c([2H])c([2H])c([2H])c1n2-c1cccc(N(c2cc(-c3cc(-c4cc(C(C)(C)C)cc(C(C)(C)C)c4)c4oc5ccccc5c4c3)cc(N(c3cccc(-n4c5c([2H])c([2H])c([2H])c([2H])c5c5c([2H])c([2H])c([2H])c([2H])c54)c3)c3c(-c4ccccc4)cccc3-c3ccccc3)c2)c2c(-c3ccccc3)cccc2-c2ccccc2)c1. The molecule has 3 heterocycles. The third-order valence-corrected chi connectivity index (χ3v) is 20.8. The number of aromatic nitrogens is 2. The molecule has 0 fully saturated rings. The molecule has 16 aromatic carbocycles. The van der Waals surface area contributed by atoms with Crippen molar-refractivity contribution in [3.05, 3.63) is 387 Å². The lowest BCUT2D eigenvalue weighted by molar-refractivity contribution is 0.569. The van der Waals surface area contributed by atoms with E-state index in [2.05, 4.69) is 179 Å². The van der Waals surface area contributed by atoms with E-state index in [0.717, 1.165) is 83.1 Å². The van der Waals surface area contributed by atoms with Gasteiger partial charge in [-0.2, -0.15) is 0 Å². The van der Waals surface area contributed by atoms with Crippen LogP contribution in [0.3, 0.4) is 0 Å². The number of hydrogen-bond acceptors (Lipinski definition) is 3. The molecule has 0 aliphatic heterocycles. The smallest absolute Gasteiger partial charge is 0.143 e. The van der Waals surface area contributed by atoms with Gasteiger partial charge in [-0.15, -0.1) is 0 Å². The minimum atomic E-state index is -0.572. The van der Waals surface area contributed by atoms with E-state index in [9.17, 15) is 16.4 Å². The van der Waals surface area contributed by atoms with Crippen molar-refractivity contribution in [3.63, 3.8) is 0 Å². The minimum Gasteiger partial charge on any atom is -0.455 e. The van der Waals surface area contributed by atoms with Gasteiger partial charge in [-0.1, -0.05) is 320 Å². The number of fused-ring (bicyclic) bond motifs is 9. The van der Waals surface area contributed by atoms with Crippen LogP contribution in [0.25, 0.3) is 144 Å². The molecule has 0 radical (unpaired) electrons. The van der Waals surface area contributed by atoms with Crippen molar-refractivity contribution >= 4 is 99.7 Å². The summed E-state index contributed by atoms with van der Waals surface area (Å²) in [4.78, 5) is 4.37. The number of anilines is 6. The maximum atomic E-state index is 9.81. The van der Waals surface area contributed by atoms with Crippen molar-refractivity contribution in [3.8, 4) is 78.1 Å². The van der Waals surface area contributed by atoms with Gasteiger partial charge in [0, 0.05) is 94.3 Å². The molecule has 0 atom stereocenters. The van der Waals surface area contributed by atoms with Gasteiger partial charge < -0.3 is 23.4 Å². The van der Waals surface area contributed by atoms with Crippen molar-refractivity contribution in [2.24, 2.45) is 0 Å². The molecular weight excluding hydrogens is 1320 g/mol. The van der Waals surface area contributed by atoms with Gasteiger partial charge in [-0.05, 0) is 158 Å². The van der Waals surface area contributed by atoms with Crippen LogP contribution in [-0.2, 0) is 10.8 Å². The Morgan fingerprint density at radius 2 is 0.624 bits per heavy atom. The van der Waals surface area contributed by atoms with E-state index < -0.39 is 96.7 Å². The summed E-state index contributed by atoms with van der Waals surface area (Å²) < 4.78 is 161. The van der Waals surface area contributed by atoms with Crippen LogP contribution in [0.5, 0.6) is 0 Å². The lowest BCUT2D eigenvalue weighted by Crippen LogP contribution is -2.16. The fraction of sp³-hybridized carbons (Fsp3) is 0.0769. The van der Waals surface area contributed by atoms with E-state index in [1.807, 2.05) is 140 Å². The highest BCUT2D eigenvalue weighted by molar-refractivity contribution is 6.14. The van der Waals surface area contributed by atoms with Crippen molar-refractivity contribution in [2.75, 3.05) is 9.80 Å². The molecule has 0 N–H and O–H groups in total. The summed E-state index contributed by atoms with van der Waals surface area (Å²) in [5.41, 5.74) is 16.3. The monoisotopic (exact) mass is 1420 g/mol. The predicted molar refractivity (Wildman–Crippen MR) is 462 cm³/mol. The third-order valence-electron chi connectivity index (χ3n) is 20.8. The molecule has 0 unspecified atom stereocenters. The summed E-state index contributed by atoms with van der Waals surface area (Å²) >= 11 is 0. The molecule has 19 rings (SSSR count). The van der Waals surface area contributed by atoms with Gasteiger partial charge in [0.2, 0.25) is 0 Å². The molecule has 0 aliphatic rings. The molecule has 5 nitrogen and oxygen atoms in total. The number of rotatable bonds is 14. The first-order valence-corrected chi connectivity index (χ1v) is 36.6. The van der Waals surface area contributed by atoms with Gasteiger partial charge in [0.15, 0.2) is 0 Å². The summed E-state index contributed by atoms with van der Waals surface area (Å²) in [5.74, 6) is 0. The van der Waals surface area contributed by atoms with Crippen LogP contribution in [0, 0.1) is 0 Å². The molecule has 0 saturated heterocycles. The number of hydrogen-bond donors (Lipinski definition) is 0. The maximum Gasteiger partial charge on any atom is 0.143 e. The zero-order chi connectivity index (χ0) is 87.4. The largest absolute Gasteiger partial charge is 0.455 e. The summed E-state index contributed by atoms with van der Waals surface area (Å²) in [6.45, 7) is 13.3. The van der Waals surface area contributed by atoms with E-state index in [-0.39, 0.29) is 65.8 Å². The van der Waals surface area contributed by atoms with Gasteiger partial charge in [0.25, 0.3) is 0 Å². The zero-order valence-corrected chi connectivity index (χ0v) is 60.8. The van der Waals surface area contributed by atoms with E-state index in [1.54, 1.807) is 12.1 Å². The average Bonchev–Trinajstić information content (AvgIpc) is 1.55. The highest BCUT2D eigenvalue weighted by Gasteiger charge is 2.30. The first kappa shape index (κ1) is 50.9. The van der Waals surface area contributed by atoms with Crippen LogP contribution in [0.4, 0.5) is 34.1 Å². The topological polar surface area (TPSA) is 29.5 Å². The second-order valence-corrected chi connectivity index (χ2v) is 29.7. The van der Waals surface area contributed by atoms with Gasteiger partial charge in [-0.25, -0.2) is 0 Å². The van der Waals surface area contributed by atoms with E-state index in [4.69, 9.17) is 9.90 Å². The molecule has 0 amide bonds. The molecule has 522 valence electrons. The highest BCUT2D eigenvalue weighted by atomic mass is 16.3. The second kappa shape index (κ2) is 26.8. The van der Waals surface area contributed by atoms with Gasteiger partial charge in [-0.3, -0.25) is 0 Å². The van der Waals surface area contributed by atoms with Crippen LogP contribution in [-0.4, -0.2) is 9.13 Å². The minimum absolute atomic E-state index is 0.0629. The van der Waals surface area contributed by atoms with E-state index in [1.165, 1.54) is 9.13 Å². The van der Waals surface area contributed by atoms with E-state index >= 15 is 0 Å². The molecule has 0 saturated carbocycles. The first-order valence-electron chi connectivity index (χ1n) is 44.6. The van der Waals surface area contributed by atoms with Gasteiger partial charge in [0.1, 0.15) is 11.2 Å². The van der Waals surface area contributed by atoms with Gasteiger partial charge in [0.05, 0.1) is 55.4 Å². The predicted octanol–water partition coefficient (Wildman–Crippen LogP) is 29.3. The summed E-state index contributed by atoms with van der Waals surface area (Å²) in [5, 5.41) is 1.38. The second-order valence-electron chi connectivity index (χ2n) is 29.7. The van der Waals surface area contributed by atoms with Crippen molar-refractivity contribution in [1.82, 2.24) is 9.13 Å². The van der Waals surface area contributed by atoms with Crippen LogP contribution >= 0.6 is 0 Å². The molecular formula is C104H80N4O. The van der Waals surface area contributed by atoms with Crippen molar-refractivity contribution in [1.29, 1.82) is 0 Å². The zero-order valence-electron chi connectivity index (χ0n) is 76.8. The number of para-hydroxylation sites is 7. The fourth-order valence-corrected chi connectivity index (χ4v) is 15.6. The van der Waals surface area contributed by atoms with E-state index in [0.29, 0.717) is 50.9 Å². The Morgan fingerprint density at radius 1 is 0.266 bits per heavy atom. The summed E-state index contributed by atoms with van der Waals surface area (Å²) in [7, 11) is 0. The molecule has 5 heteroatoms. The van der Waals surface area contributed by atoms with Crippen molar-refractivity contribution < 1.29 is 26.3 Å². The normalized spacial score (nSPS) is 14.0. The molecule has 0 aliphatic carbocycles. The molecule has 0 bridgehead atoms. The van der Waals surface area contributed by atoms with Crippen LogP contribution in [0.1, 0.15) is 74.6 Å². The van der Waals surface area contributed by atoms with Crippen molar-refractivity contribution in [2.45, 2.75) is 52.4 Å². The Labute approximate surface area is 659 Å². The lowest BCUT2D eigenvalue weighted by Gasteiger charge is -2.34. The quantitative estimate of drug-likeness (QED) is 0.109. The Kier molecular flexibility index (Phi) is 12.5. The highest BCUT2D eigenvalue weighted by Crippen LogP contribution is 2.54. The molecule has 3 aromatic heterocycles. The third kappa shape index (κ3) is 11.8. The maximum absolute atomic E-state index is 9.81. The van der Waals surface area contributed by atoms with Gasteiger partial charge >= 0.3 is 0 Å². The fourth-order valence-electron chi connectivity index (χ4n) is 15.6. The Balaban J connectivity index is 1.02. The summed E-state index contributed by atoms with van der Waals surface area (Å²) in [6.07, 6.45) is 0. The van der Waals surface area contributed by atoms with Crippen LogP contribution in [0.15, 0.2) is 380 Å². The molecule has 19 aromatic rings. The van der Waals surface area contributed by atoms with Crippen LogP contribution in [0.2, 0.25) is 0 Å². The number of furan rings is 1. The molecule has 0 spiro atoms. The lowest BCUT2D eigenvalue weighted by atomic mass is 9.78. The Hall–Kier alpha value is -13.5. The Bertz CT molecular complexity index is 7050. The van der Waals surface area contributed by atoms with Crippen LogP contribution < -0.4 is 9.80 Å². The first-order chi connectivity index (χ1) is 60.0. The number of nitrogens with zero attached hydrogens (tertiary/aromatic N) is 4. The number of benzene rings is 16. The summed E-state index contributed by atoms with van der Waals surface area (Å²) in [6, 6.07) is 84.9. The molecule has 109 heavy (non-hydrogen) atoms.